The Balaban J connectivity index is 1.90. The quantitative estimate of drug-likeness (QED) is 0.880. The number of halogens is 1. The van der Waals surface area contributed by atoms with Crippen molar-refractivity contribution in [2.45, 2.75) is 18.9 Å². The summed E-state index contributed by atoms with van der Waals surface area (Å²) in [7, 11) is 0. The summed E-state index contributed by atoms with van der Waals surface area (Å²) in [5.74, 6) is 0.358. The van der Waals surface area contributed by atoms with Gasteiger partial charge in [0.15, 0.2) is 0 Å². The van der Waals surface area contributed by atoms with Crippen LogP contribution in [0, 0.1) is 5.92 Å². The molecule has 4 heteroatoms. The molecule has 0 spiro atoms. The number of benzene rings is 1. The smallest absolute Gasteiger partial charge is 0.0916 e. The van der Waals surface area contributed by atoms with Gasteiger partial charge in [0.25, 0.3) is 0 Å². The zero-order valence-corrected chi connectivity index (χ0v) is 11.2. The Kier molecular flexibility index (Phi) is 5.01. The first-order valence-electron chi connectivity index (χ1n) is 6.46. The second kappa shape index (κ2) is 6.53. The van der Waals surface area contributed by atoms with Gasteiger partial charge in [-0.05, 0) is 43.0 Å². The van der Waals surface area contributed by atoms with E-state index in [1.807, 2.05) is 12.1 Å². The van der Waals surface area contributed by atoms with Crippen molar-refractivity contribution in [2.24, 2.45) is 5.92 Å². The molecule has 0 saturated carbocycles. The summed E-state index contributed by atoms with van der Waals surface area (Å²) in [6.45, 7) is 2.74. The average molecular weight is 270 g/mol. The van der Waals surface area contributed by atoms with Crippen molar-refractivity contribution in [3.63, 3.8) is 0 Å². The minimum absolute atomic E-state index is 0.244. The Morgan fingerprint density at radius 3 is 2.72 bits per heavy atom. The lowest BCUT2D eigenvalue weighted by molar-refractivity contribution is 0.0678. The molecule has 3 nitrogen and oxygen atoms in total. The lowest BCUT2D eigenvalue weighted by Gasteiger charge is -2.33. The summed E-state index contributed by atoms with van der Waals surface area (Å²) in [5.41, 5.74) is 0.894. The van der Waals surface area contributed by atoms with Crippen molar-refractivity contribution >= 4 is 11.6 Å². The van der Waals surface area contributed by atoms with Crippen LogP contribution < -0.4 is 0 Å². The number of hydrogen-bond acceptors (Lipinski definition) is 3. The number of β-amino-alcohol motifs (C(OH)–C–C–N with tert-alkyl or cyclic N) is 1. The summed E-state index contributed by atoms with van der Waals surface area (Å²) in [5, 5.41) is 20.0. The molecule has 0 radical (unpaired) electrons. The second-order valence-corrected chi connectivity index (χ2v) is 5.45. The Morgan fingerprint density at radius 2 is 2.06 bits per heavy atom. The highest BCUT2D eigenvalue weighted by Crippen LogP contribution is 2.21. The van der Waals surface area contributed by atoms with Crippen LogP contribution in [-0.2, 0) is 0 Å². The first-order valence-corrected chi connectivity index (χ1v) is 6.83. The summed E-state index contributed by atoms with van der Waals surface area (Å²) < 4.78 is 0. The number of rotatable bonds is 4. The van der Waals surface area contributed by atoms with Crippen molar-refractivity contribution in [1.82, 2.24) is 4.90 Å². The monoisotopic (exact) mass is 269 g/mol. The largest absolute Gasteiger partial charge is 0.396 e. The molecule has 1 aromatic carbocycles. The maximum absolute atomic E-state index is 10.2. The molecule has 0 aromatic heterocycles. The standard InChI is InChI=1S/C14H20ClNO2/c15-13-5-3-12(4-6-13)14(18)9-16-7-1-2-11(8-16)10-17/h3-6,11,14,17-18H,1-2,7-10H2. The number of likely N-dealkylation sites (tertiary alicyclic amines) is 1. The van der Waals surface area contributed by atoms with Crippen LogP contribution in [0.15, 0.2) is 24.3 Å². The molecule has 1 aliphatic heterocycles. The van der Waals surface area contributed by atoms with E-state index in [-0.39, 0.29) is 6.61 Å². The van der Waals surface area contributed by atoms with E-state index in [0.717, 1.165) is 31.5 Å². The Bertz CT molecular complexity index is 369. The van der Waals surface area contributed by atoms with E-state index in [1.165, 1.54) is 0 Å². The second-order valence-electron chi connectivity index (χ2n) is 5.02. The van der Waals surface area contributed by atoms with Gasteiger partial charge in [-0.15, -0.1) is 0 Å². The molecule has 100 valence electrons. The number of nitrogens with zero attached hydrogens (tertiary/aromatic N) is 1. The molecule has 1 saturated heterocycles. The number of aliphatic hydroxyl groups excluding tert-OH is 2. The van der Waals surface area contributed by atoms with E-state index >= 15 is 0 Å². The molecular weight excluding hydrogens is 250 g/mol. The molecule has 2 unspecified atom stereocenters. The normalized spacial score (nSPS) is 22.9. The third-order valence-corrected chi connectivity index (χ3v) is 3.80. The third-order valence-electron chi connectivity index (χ3n) is 3.55. The van der Waals surface area contributed by atoms with Gasteiger partial charge in [-0.3, -0.25) is 0 Å². The SMILES string of the molecule is OCC1CCCN(CC(O)c2ccc(Cl)cc2)C1. The Morgan fingerprint density at radius 1 is 1.33 bits per heavy atom. The highest BCUT2D eigenvalue weighted by molar-refractivity contribution is 6.30. The third kappa shape index (κ3) is 3.69. The first-order chi connectivity index (χ1) is 8.69. The first kappa shape index (κ1) is 13.8. The number of hydrogen-bond donors (Lipinski definition) is 2. The van der Waals surface area contributed by atoms with Gasteiger partial charge in [0.05, 0.1) is 6.10 Å². The summed E-state index contributed by atoms with van der Waals surface area (Å²) >= 11 is 5.83. The molecule has 0 bridgehead atoms. The average Bonchev–Trinajstić information content (AvgIpc) is 2.39. The van der Waals surface area contributed by atoms with E-state index in [1.54, 1.807) is 12.1 Å². The molecule has 0 amide bonds. The van der Waals surface area contributed by atoms with Crippen LogP contribution in [0.3, 0.4) is 0 Å². The topological polar surface area (TPSA) is 43.7 Å². The molecule has 0 aliphatic carbocycles. The molecule has 1 aromatic rings. The molecule has 1 heterocycles. The highest BCUT2D eigenvalue weighted by Gasteiger charge is 2.21. The van der Waals surface area contributed by atoms with Crippen LogP contribution in [0.5, 0.6) is 0 Å². The van der Waals surface area contributed by atoms with Gasteiger partial charge < -0.3 is 15.1 Å². The van der Waals surface area contributed by atoms with E-state index in [2.05, 4.69) is 4.90 Å². The Labute approximate surface area is 113 Å². The van der Waals surface area contributed by atoms with Crippen LogP contribution in [0.1, 0.15) is 24.5 Å². The summed E-state index contributed by atoms with van der Waals surface area (Å²) in [6, 6.07) is 7.32. The van der Waals surface area contributed by atoms with Gasteiger partial charge in [-0.25, -0.2) is 0 Å². The molecule has 2 atom stereocenters. The summed E-state index contributed by atoms with van der Waals surface area (Å²) in [6.07, 6.45) is 1.70. The zero-order chi connectivity index (χ0) is 13.0. The van der Waals surface area contributed by atoms with Crippen LogP contribution in [0.25, 0.3) is 0 Å². The zero-order valence-electron chi connectivity index (χ0n) is 10.4. The fraction of sp³-hybridized carbons (Fsp3) is 0.571. The maximum Gasteiger partial charge on any atom is 0.0916 e. The van der Waals surface area contributed by atoms with Crippen LogP contribution in [0.2, 0.25) is 5.02 Å². The highest BCUT2D eigenvalue weighted by atomic mass is 35.5. The van der Waals surface area contributed by atoms with Crippen LogP contribution in [-0.4, -0.2) is 41.4 Å². The lowest BCUT2D eigenvalue weighted by atomic mass is 9.98. The van der Waals surface area contributed by atoms with Gasteiger partial charge in [0, 0.05) is 24.7 Å². The van der Waals surface area contributed by atoms with Gasteiger partial charge in [0.1, 0.15) is 0 Å². The van der Waals surface area contributed by atoms with Gasteiger partial charge in [-0.1, -0.05) is 23.7 Å². The molecule has 2 rings (SSSR count). The predicted molar refractivity (Wildman–Crippen MR) is 72.7 cm³/mol. The van der Waals surface area contributed by atoms with Crippen molar-refractivity contribution in [2.75, 3.05) is 26.2 Å². The van der Waals surface area contributed by atoms with Gasteiger partial charge in [0.2, 0.25) is 0 Å². The fourth-order valence-corrected chi connectivity index (χ4v) is 2.63. The minimum Gasteiger partial charge on any atom is -0.396 e. The van der Waals surface area contributed by atoms with E-state index in [0.29, 0.717) is 17.5 Å². The van der Waals surface area contributed by atoms with Gasteiger partial charge >= 0.3 is 0 Å². The Hall–Kier alpha value is -0.610. The predicted octanol–water partition coefficient (Wildman–Crippen LogP) is 2.08. The fourth-order valence-electron chi connectivity index (χ4n) is 2.50. The van der Waals surface area contributed by atoms with Crippen molar-refractivity contribution in [1.29, 1.82) is 0 Å². The van der Waals surface area contributed by atoms with Crippen LogP contribution >= 0.6 is 11.6 Å². The number of piperidine rings is 1. The van der Waals surface area contributed by atoms with E-state index in [9.17, 15) is 10.2 Å². The molecule has 1 aliphatic rings. The van der Waals surface area contributed by atoms with Crippen molar-refractivity contribution < 1.29 is 10.2 Å². The molecular formula is C14H20ClNO2. The van der Waals surface area contributed by atoms with Crippen molar-refractivity contribution in [3.8, 4) is 0 Å². The lowest BCUT2D eigenvalue weighted by Crippen LogP contribution is -2.39. The van der Waals surface area contributed by atoms with E-state index in [4.69, 9.17) is 11.6 Å². The molecule has 1 fully saturated rings. The maximum atomic E-state index is 10.2. The van der Waals surface area contributed by atoms with Crippen LogP contribution in [0.4, 0.5) is 0 Å². The van der Waals surface area contributed by atoms with E-state index < -0.39 is 6.10 Å². The minimum atomic E-state index is -0.486. The number of aliphatic hydroxyl groups is 2. The molecule has 2 N–H and O–H groups in total. The van der Waals surface area contributed by atoms with Crippen molar-refractivity contribution in [3.05, 3.63) is 34.9 Å². The molecule has 18 heavy (non-hydrogen) atoms. The summed E-state index contributed by atoms with van der Waals surface area (Å²) in [4.78, 5) is 2.23. The van der Waals surface area contributed by atoms with Gasteiger partial charge in [-0.2, -0.15) is 0 Å².